The average Bonchev–Trinajstić information content (AvgIpc) is 3.45. The molecule has 4 heterocycles. The number of halogens is 2. The van der Waals surface area contributed by atoms with Crippen LogP contribution in [0.5, 0.6) is 0 Å². The second-order valence-electron chi connectivity index (χ2n) is 10.7. The monoisotopic (exact) mass is 547 g/mol. The Kier molecular flexibility index (Phi) is 5.43. The van der Waals surface area contributed by atoms with Crippen LogP contribution in [0.2, 0.25) is 0 Å². The molecule has 2 unspecified atom stereocenters. The van der Waals surface area contributed by atoms with E-state index < -0.39 is 54.2 Å². The Morgan fingerprint density at radius 2 is 1.92 bits per heavy atom. The van der Waals surface area contributed by atoms with Gasteiger partial charge in [0.05, 0.1) is 13.1 Å². The highest BCUT2D eigenvalue weighted by molar-refractivity contribution is 6.02. The molecule has 4 atom stereocenters. The first-order chi connectivity index (χ1) is 18.3. The first-order valence-electron chi connectivity index (χ1n) is 12.7. The zero-order chi connectivity index (χ0) is 27.9. The molecule has 0 aromatic heterocycles. The van der Waals surface area contributed by atoms with Crippen molar-refractivity contribution < 1.29 is 38.4 Å². The van der Waals surface area contributed by atoms with E-state index in [9.17, 15) is 33.4 Å². The largest absolute Gasteiger partial charge is 0.370 e. The summed E-state index contributed by atoms with van der Waals surface area (Å²) in [4.78, 5) is 47.7. The molecule has 1 aliphatic carbocycles. The van der Waals surface area contributed by atoms with Crippen LogP contribution in [-0.4, -0.2) is 98.2 Å². The Hall–Kier alpha value is -3.85. The number of alkyl halides is 2. The maximum atomic E-state index is 13.9. The molecule has 0 radical (unpaired) electrons. The van der Waals surface area contributed by atoms with Crippen molar-refractivity contribution in [3.05, 3.63) is 34.9 Å². The molecule has 3 amide bonds. The number of nitrogens with one attached hydrogen (secondary N) is 3. The third-order valence-electron chi connectivity index (χ3n) is 8.42. The van der Waals surface area contributed by atoms with Crippen LogP contribution in [0.15, 0.2) is 23.2 Å². The molecule has 1 spiro atoms. The SMILES string of the molecule is NC1=N[C@@H](CN2C(=O)CCC2=O)[C@@H]2[NH+]=C(N)NC23N1CC(NC(=O)c1cccc2c1CCC(F)(F)C2)C3(O)O. The third kappa shape index (κ3) is 3.66. The Labute approximate surface area is 220 Å². The second-order valence-corrected chi connectivity index (χ2v) is 10.7. The first kappa shape index (κ1) is 25.4. The van der Waals surface area contributed by atoms with Crippen molar-refractivity contribution in [2.45, 2.75) is 67.6 Å². The molecular weight excluding hydrogens is 518 g/mol. The predicted octanol–water partition coefficient (Wildman–Crippen LogP) is -4.19. The van der Waals surface area contributed by atoms with Crippen molar-refractivity contribution in [3.63, 3.8) is 0 Å². The van der Waals surface area contributed by atoms with Gasteiger partial charge in [0.2, 0.25) is 17.6 Å². The van der Waals surface area contributed by atoms with Crippen LogP contribution in [0.1, 0.15) is 40.7 Å². The quantitative estimate of drug-likeness (QED) is 0.144. The van der Waals surface area contributed by atoms with E-state index in [-0.39, 0.29) is 61.6 Å². The van der Waals surface area contributed by atoms with Crippen molar-refractivity contribution in [1.82, 2.24) is 20.4 Å². The van der Waals surface area contributed by atoms with Crippen LogP contribution in [0.3, 0.4) is 0 Å². The lowest BCUT2D eigenvalue weighted by molar-refractivity contribution is -0.521. The highest BCUT2D eigenvalue weighted by Crippen LogP contribution is 2.42. The zero-order valence-electron chi connectivity index (χ0n) is 20.8. The smallest absolute Gasteiger partial charge is 0.343 e. The van der Waals surface area contributed by atoms with Gasteiger partial charge in [0, 0.05) is 31.2 Å². The van der Waals surface area contributed by atoms with Gasteiger partial charge in [0.1, 0.15) is 12.1 Å². The van der Waals surface area contributed by atoms with E-state index >= 15 is 0 Å². The third-order valence-corrected chi connectivity index (χ3v) is 8.42. The normalized spacial score (nSPS) is 32.2. The molecule has 2 fully saturated rings. The molecule has 1 aromatic rings. The summed E-state index contributed by atoms with van der Waals surface area (Å²) in [6.07, 6.45) is -0.713. The lowest BCUT2D eigenvalue weighted by Gasteiger charge is -2.46. The molecule has 15 heteroatoms. The fraction of sp³-hybridized carbons (Fsp3) is 0.542. The minimum atomic E-state index is -2.86. The van der Waals surface area contributed by atoms with Crippen molar-refractivity contribution >= 4 is 29.6 Å². The van der Waals surface area contributed by atoms with Crippen molar-refractivity contribution in [2.24, 2.45) is 16.5 Å². The molecule has 0 saturated carbocycles. The van der Waals surface area contributed by atoms with Gasteiger partial charge in [-0.2, -0.15) is 0 Å². The number of nitrogens with two attached hydrogens (primary N) is 2. The van der Waals surface area contributed by atoms with Crippen molar-refractivity contribution in [2.75, 3.05) is 13.1 Å². The lowest BCUT2D eigenvalue weighted by atomic mass is 9.84. The van der Waals surface area contributed by atoms with Gasteiger partial charge in [-0.25, -0.2) is 19.1 Å². The van der Waals surface area contributed by atoms with Crippen LogP contribution < -0.4 is 27.1 Å². The second kappa shape index (κ2) is 8.32. The summed E-state index contributed by atoms with van der Waals surface area (Å²) in [5.41, 5.74) is 11.5. The maximum Gasteiger partial charge on any atom is 0.343 e. The zero-order valence-corrected chi connectivity index (χ0v) is 20.8. The Bertz CT molecular complexity index is 1330. The number of aliphatic imine (C=N–C) groups is 1. The van der Waals surface area contributed by atoms with Crippen LogP contribution in [0.4, 0.5) is 8.78 Å². The minimum Gasteiger partial charge on any atom is -0.370 e. The fourth-order valence-electron chi connectivity index (χ4n) is 6.55. The van der Waals surface area contributed by atoms with Gasteiger partial charge in [-0.15, -0.1) is 0 Å². The Balaban J connectivity index is 1.30. The minimum absolute atomic E-state index is 0.00428. The van der Waals surface area contributed by atoms with Gasteiger partial charge in [0.15, 0.2) is 12.0 Å². The summed E-state index contributed by atoms with van der Waals surface area (Å²) < 4.78 is 27.9. The lowest BCUT2D eigenvalue weighted by Crippen LogP contribution is -2.90. The summed E-state index contributed by atoms with van der Waals surface area (Å²) in [7, 11) is 0. The number of aliphatic hydroxyl groups is 2. The van der Waals surface area contributed by atoms with E-state index in [2.05, 4.69) is 20.6 Å². The van der Waals surface area contributed by atoms with E-state index in [0.29, 0.717) is 11.1 Å². The summed E-state index contributed by atoms with van der Waals surface area (Å²) in [6.45, 7) is -0.345. The number of carbonyl (C=O) groups is 3. The van der Waals surface area contributed by atoms with Gasteiger partial charge < -0.3 is 21.3 Å². The van der Waals surface area contributed by atoms with Crippen LogP contribution >= 0.6 is 0 Å². The number of likely N-dealkylation sites (tertiary alicyclic amines) is 1. The number of hydrogen-bond acceptors (Lipinski definition) is 10. The standard InChI is InChI=1S/C24H28F2N8O5/c25-22(26)7-6-12-11(8-22)2-1-3-13(12)19(37)30-15-10-34-21(28)29-14(9-33-16(35)4-5-17(33)36)18-23(34,24(15,38)39)32-20(27)31-18/h1-3,14-15,18,38-39H,4-10H2,(H2,28,29)(H,30,37)(H3,27,31,32)/p+1/t14-,15?,18-,23?/m0/s1. The molecule has 2 saturated heterocycles. The number of fused-ring (bicyclic) bond motifs is 1. The molecule has 208 valence electrons. The van der Waals surface area contributed by atoms with Crippen LogP contribution in [0, 0.1) is 0 Å². The van der Waals surface area contributed by atoms with E-state index in [1.807, 2.05) is 0 Å². The Morgan fingerprint density at radius 3 is 2.64 bits per heavy atom. The number of imide groups is 1. The van der Waals surface area contributed by atoms with E-state index in [4.69, 9.17) is 11.5 Å². The van der Waals surface area contributed by atoms with Gasteiger partial charge in [-0.3, -0.25) is 34.9 Å². The molecule has 5 aliphatic rings. The van der Waals surface area contributed by atoms with Gasteiger partial charge in [0.25, 0.3) is 17.5 Å². The molecule has 9 N–H and O–H groups in total. The maximum absolute atomic E-state index is 13.9. The van der Waals surface area contributed by atoms with Crippen molar-refractivity contribution in [1.29, 1.82) is 0 Å². The van der Waals surface area contributed by atoms with E-state index in [1.54, 1.807) is 6.07 Å². The number of hydrogen-bond donors (Lipinski definition) is 7. The number of amides is 3. The number of guanidine groups is 2. The molecule has 0 bridgehead atoms. The van der Waals surface area contributed by atoms with Crippen LogP contribution in [-0.2, 0) is 22.4 Å². The molecule has 13 nitrogen and oxygen atoms in total. The average molecular weight is 548 g/mol. The summed E-state index contributed by atoms with van der Waals surface area (Å²) in [5, 5.41) is 28.7. The molecule has 1 aromatic carbocycles. The molecule has 4 aliphatic heterocycles. The summed E-state index contributed by atoms with van der Waals surface area (Å²) in [5.74, 6) is -7.07. The van der Waals surface area contributed by atoms with E-state index in [1.165, 1.54) is 17.0 Å². The highest BCUT2D eigenvalue weighted by Gasteiger charge is 2.76. The Morgan fingerprint density at radius 1 is 1.21 bits per heavy atom. The molecule has 39 heavy (non-hydrogen) atoms. The van der Waals surface area contributed by atoms with Crippen LogP contribution in [0.25, 0.3) is 0 Å². The first-order valence-corrected chi connectivity index (χ1v) is 12.7. The number of nitrogens with zero attached hydrogens (tertiary/aromatic N) is 3. The van der Waals surface area contributed by atoms with Gasteiger partial charge in [-0.1, -0.05) is 12.1 Å². The topological polar surface area (TPSA) is 201 Å². The van der Waals surface area contributed by atoms with Crippen molar-refractivity contribution in [3.8, 4) is 0 Å². The summed E-state index contributed by atoms with van der Waals surface area (Å²) in [6, 6.07) is 1.40. The number of benzene rings is 1. The van der Waals surface area contributed by atoms with Gasteiger partial charge in [-0.05, 0) is 23.6 Å². The predicted molar refractivity (Wildman–Crippen MR) is 130 cm³/mol. The van der Waals surface area contributed by atoms with E-state index in [0.717, 1.165) is 4.90 Å². The summed E-state index contributed by atoms with van der Waals surface area (Å²) >= 11 is 0. The molecule has 6 rings (SSSR count). The highest BCUT2D eigenvalue weighted by atomic mass is 19.3. The number of rotatable bonds is 4. The van der Waals surface area contributed by atoms with Gasteiger partial charge >= 0.3 is 5.96 Å². The number of carbonyl (C=O) groups excluding carboxylic acids is 3. The molecular formula is C24H29F2N8O5+. The fourth-order valence-corrected chi connectivity index (χ4v) is 6.55.